The lowest BCUT2D eigenvalue weighted by Crippen LogP contribution is -2.10. The number of nitrogens with one attached hydrogen (secondary N) is 1. The lowest BCUT2D eigenvalue weighted by Gasteiger charge is -2.09. The Morgan fingerprint density at radius 1 is 1.22 bits per heavy atom. The zero-order valence-corrected chi connectivity index (χ0v) is 16.0. The first-order valence-corrected chi connectivity index (χ1v) is 9.48. The molecular formula is C24H23N3. The maximum atomic E-state index is 5.01. The molecule has 1 N–H and O–H groups in total. The first-order chi connectivity index (χ1) is 13.1. The fourth-order valence-corrected chi connectivity index (χ4v) is 4.30. The minimum Gasteiger partial charge on any atom is -0.354 e. The molecule has 0 unspecified atom stereocenters. The van der Waals surface area contributed by atoms with Crippen molar-refractivity contribution in [2.24, 2.45) is 4.99 Å². The number of fused-ring (bicyclic) bond motifs is 5. The number of hydrogen-bond donors (Lipinski definition) is 1. The van der Waals surface area contributed by atoms with E-state index in [0.717, 1.165) is 24.0 Å². The van der Waals surface area contributed by atoms with Crippen molar-refractivity contribution in [2.75, 3.05) is 20.6 Å². The highest BCUT2D eigenvalue weighted by Crippen LogP contribution is 2.36. The summed E-state index contributed by atoms with van der Waals surface area (Å²) in [6, 6.07) is 8.48. The Bertz CT molecular complexity index is 1350. The Morgan fingerprint density at radius 2 is 2.07 bits per heavy atom. The van der Waals surface area contributed by atoms with Gasteiger partial charge in [-0.2, -0.15) is 0 Å². The van der Waals surface area contributed by atoms with Crippen molar-refractivity contribution in [3.63, 3.8) is 0 Å². The topological polar surface area (TPSA) is 31.4 Å². The van der Waals surface area contributed by atoms with Crippen molar-refractivity contribution >= 4 is 28.7 Å². The Morgan fingerprint density at radius 3 is 2.93 bits per heavy atom. The molecule has 134 valence electrons. The molecule has 5 rings (SSSR count). The van der Waals surface area contributed by atoms with Crippen molar-refractivity contribution in [3.8, 4) is 0 Å². The smallest absolute Gasteiger partial charge is 0.0759 e. The summed E-state index contributed by atoms with van der Waals surface area (Å²) in [5, 5.41) is 6.14. The molecule has 2 heterocycles. The molecule has 0 saturated carbocycles. The molecule has 0 amide bonds. The van der Waals surface area contributed by atoms with E-state index in [4.69, 9.17) is 4.99 Å². The molecule has 0 fully saturated rings. The van der Waals surface area contributed by atoms with Crippen molar-refractivity contribution in [3.05, 3.63) is 80.3 Å². The highest BCUT2D eigenvalue weighted by molar-refractivity contribution is 5.97. The largest absolute Gasteiger partial charge is 0.354 e. The van der Waals surface area contributed by atoms with Gasteiger partial charge in [-0.05, 0) is 50.7 Å². The molecule has 0 saturated heterocycles. The van der Waals surface area contributed by atoms with Gasteiger partial charge in [-0.25, -0.2) is 4.99 Å². The van der Waals surface area contributed by atoms with Gasteiger partial charge >= 0.3 is 0 Å². The number of likely N-dealkylation sites (N-methyl/N-ethyl adjacent to an activating group) is 1. The number of aromatic amines is 1. The summed E-state index contributed by atoms with van der Waals surface area (Å²) >= 11 is 0. The number of rotatable bonds is 3. The van der Waals surface area contributed by atoms with Crippen molar-refractivity contribution in [1.82, 2.24) is 9.88 Å². The fourth-order valence-electron chi connectivity index (χ4n) is 4.30. The molecule has 1 aromatic heterocycles. The van der Waals surface area contributed by atoms with Gasteiger partial charge in [0.1, 0.15) is 0 Å². The minimum absolute atomic E-state index is 0.914. The van der Waals surface area contributed by atoms with Crippen LogP contribution in [0.25, 0.3) is 23.1 Å². The average Bonchev–Trinajstić information content (AvgIpc) is 3.23. The third-order valence-electron chi connectivity index (χ3n) is 5.52. The van der Waals surface area contributed by atoms with E-state index in [1.54, 1.807) is 0 Å². The molecule has 3 heteroatoms. The molecule has 0 bridgehead atoms. The van der Waals surface area contributed by atoms with E-state index in [-0.39, 0.29) is 0 Å². The van der Waals surface area contributed by atoms with E-state index >= 15 is 0 Å². The van der Waals surface area contributed by atoms with Gasteiger partial charge < -0.3 is 9.88 Å². The Hall–Kier alpha value is -2.91. The van der Waals surface area contributed by atoms with Crippen molar-refractivity contribution < 1.29 is 0 Å². The third kappa shape index (κ3) is 2.42. The number of nitrogens with zero attached hydrogens (tertiary/aromatic N) is 2. The third-order valence-corrected chi connectivity index (χ3v) is 5.52. The van der Waals surface area contributed by atoms with Crippen LogP contribution < -0.4 is 10.7 Å². The summed E-state index contributed by atoms with van der Waals surface area (Å²) < 4.78 is 0. The van der Waals surface area contributed by atoms with Gasteiger partial charge in [0.15, 0.2) is 0 Å². The number of aromatic nitrogens is 1. The number of para-hydroxylation sites is 1. The van der Waals surface area contributed by atoms with Crippen LogP contribution in [0.3, 0.4) is 0 Å². The van der Waals surface area contributed by atoms with Crippen LogP contribution in [0.4, 0.5) is 5.69 Å². The molecule has 27 heavy (non-hydrogen) atoms. The first-order valence-electron chi connectivity index (χ1n) is 9.48. The molecule has 2 aliphatic rings. The highest BCUT2D eigenvalue weighted by atomic mass is 15.0. The molecule has 1 aliphatic carbocycles. The zero-order chi connectivity index (χ0) is 18.5. The van der Waals surface area contributed by atoms with Crippen LogP contribution in [0, 0.1) is 17.4 Å². The van der Waals surface area contributed by atoms with Gasteiger partial charge in [0.25, 0.3) is 0 Å². The van der Waals surface area contributed by atoms with Crippen LogP contribution >= 0.6 is 0 Å². The zero-order valence-electron chi connectivity index (χ0n) is 16.0. The second-order valence-corrected chi connectivity index (χ2v) is 7.62. The van der Waals surface area contributed by atoms with E-state index in [1.165, 1.54) is 43.4 Å². The summed E-state index contributed by atoms with van der Waals surface area (Å²) in [7, 11) is 4.19. The average molecular weight is 353 g/mol. The molecule has 0 atom stereocenters. The van der Waals surface area contributed by atoms with Gasteiger partial charge in [-0.3, -0.25) is 0 Å². The van der Waals surface area contributed by atoms with Gasteiger partial charge in [0.2, 0.25) is 0 Å². The number of benzene rings is 2. The number of aryl methyl sites for hydroxylation is 1. The van der Waals surface area contributed by atoms with Crippen LogP contribution in [0.15, 0.2) is 47.5 Å². The van der Waals surface area contributed by atoms with Crippen LogP contribution in [0.1, 0.15) is 16.7 Å². The Labute approximate surface area is 158 Å². The predicted octanol–water partition coefficient (Wildman–Crippen LogP) is 3.50. The predicted molar refractivity (Wildman–Crippen MR) is 112 cm³/mol. The first kappa shape index (κ1) is 16.3. The standard InChI is InChI=1S/C24H23N3/c1-15-21-16-9-4-6-12-19(16)26-24(21)18(11-8-14-27(2)3)22-17-10-5-7-13-20(17)25-23(15)22/h4-8,10-13,26H,9,14H2,1-3H3/b11-8-. The van der Waals surface area contributed by atoms with Gasteiger partial charge in [0.05, 0.1) is 16.6 Å². The summed E-state index contributed by atoms with van der Waals surface area (Å²) in [4.78, 5) is 10.9. The second kappa shape index (κ2) is 6.07. The van der Waals surface area contributed by atoms with E-state index in [1.807, 2.05) is 0 Å². The quantitative estimate of drug-likeness (QED) is 0.601. The maximum Gasteiger partial charge on any atom is 0.0759 e. The van der Waals surface area contributed by atoms with Crippen molar-refractivity contribution in [2.45, 2.75) is 13.3 Å². The minimum atomic E-state index is 0.914. The lowest BCUT2D eigenvalue weighted by molar-refractivity contribution is 0.457. The summed E-state index contributed by atoms with van der Waals surface area (Å²) in [6.45, 7) is 3.13. The molecule has 0 spiro atoms. The SMILES string of the molecule is Cc1c2c(c(/C=C\CN(C)C)c3[nH]c4c(c13)CC=CC=4)=c1ccccc1=N2. The van der Waals surface area contributed by atoms with Gasteiger partial charge in [-0.1, -0.05) is 42.5 Å². The monoisotopic (exact) mass is 353 g/mol. The van der Waals surface area contributed by atoms with E-state index in [0.29, 0.717) is 0 Å². The number of allylic oxidation sites excluding steroid dienone is 2. The highest BCUT2D eigenvalue weighted by Gasteiger charge is 2.20. The summed E-state index contributed by atoms with van der Waals surface area (Å²) in [5.74, 6) is 0. The second-order valence-electron chi connectivity index (χ2n) is 7.62. The van der Waals surface area contributed by atoms with Crippen LogP contribution in [0.5, 0.6) is 0 Å². The molecule has 3 aromatic rings. The number of hydrogen-bond acceptors (Lipinski definition) is 2. The van der Waals surface area contributed by atoms with Crippen LogP contribution in [0.2, 0.25) is 0 Å². The van der Waals surface area contributed by atoms with E-state index < -0.39 is 0 Å². The van der Waals surface area contributed by atoms with E-state index in [2.05, 4.69) is 85.5 Å². The molecular weight excluding hydrogens is 330 g/mol. The van der Waals surface area contributed by atoms with Crippen LogP contribution in [-0.4, -0.2) is 30.5 Å². The number of H-pyrrole nitrogens is 1. The van der Waals surface area contributed by atoms with Gasteiger partial charge in [-0.15, -0.1) is 0 Å². The molecule has 2 aromatic carbocycles. The molecule has 1 aliphatic heterocycles. The Balaban J connectivity index is 1.96. The lowest BCUT2D eigenvalue weighted by atomic mass is 9.96. The summed E-state index contributed by atoms with van der Waals surface area (Å²) in [5.41, 5.74) is 6.29. The van der Waals surface area contributed by atoms with Crippen molar-refractivity contribution in [1.29, 1.82) is 0 Å². The van der Waals surface area contributed by atoms with E-state index in [9.17, 15) is 0 Å². The van der Waals surface area contributed by atoms with Gasteiger partial charge in [0, 0.05) is 33.3 Å². The normalized spacial score (nSPS) is 14.4. The maximum absolute atomic E-state index is 5.01. The fraction of sp³-hybridized carbons (Fsp3) is 0.208. The molecule has 3 nitrogen and oxygen atoms in total. The molecule has 0 radical (unpaired) electrons. The Kier molecular flexibility index (Phi) is 3.66. The van der Waals surface area contributed by atoms with Crippen LogP contribution in [-0.2, 0) is 6.42 Å². The summed E-state index contributed by atoms with van der Waals surface area (Å²) in [6.07, 6.45) is 12.0.